The van der Waals surface area contributed by atoms with E-state index in [1.807, 2.05) is 41.5 Å². The minimum absolute atomic E-state index is 0.168. The monoisotopic (exact) mass is 578 g/mol. The molecule has 0 aliphatic rings. The second-order valence-electron chi connectivity index (χ2n) is 9.78. The minimum atomic E-state index is -2.56. The highest BCUT2D eigenvalue weighted by Gasteiger charge is 2.40. The Kier molecular flexibility index (Phi) is 23.5. The van der Waals surface area contributed by atoms with Crippen molar-refractivity contribution in [3.05, 3.63) is 0 Å². The van der Waals surface area contributed by atoms with E-state index in [1.54, 1.807) is 0 Å². The quantitative estimate of drug-likeness (QED) is 0.0692. The molecule has 0 aromatic heterocycles. The minimum Gasteiger partial charge on any atom is -0.374 e. The van der Waals surface area contributed by atoms with Gasteiger partial charge < -0.3 is 26.6 Å². The number of hydrogen-bond donors (Lipinski definition) is 0. The molecule has 0 saturated heterocycles. The van der Waals surface area contributed by atoms with Crippen LogP contribution in [-0.2, 0) is 31.4 Å². The van der Waals surface area contributed by atoms with Crippen molar-refractivity contribution in [1.82, 2.24) is 0 Å². The number of carbonyl (C=O) groups excluding carboxylic acids is 1. The van der Waals surface area contributed by atoms with Crippen LogP contribution in [0.4, 0.5) is 0 Å². The third-order valence-electron chi connectivity index (χ3n) is 7.05. The average molecular weight is 579 g/mol. The number of Topliss-reactive ketones (excluding diaryl/α,β-unsaturated/α-hetero) is 1. The summed E-state index contributed by atoms with van der Waals surface area (Å²) < 4.78 is 35.8. The lowest BCUT2D eigenvalue weighted by atomic mass is 9.83. The van der Waals surface area contributed by atoms with Crippen LogP contribution >= 0.6 is 0 Å². The van der Waals surface area contributed by atoms with Crippen molar-refractivity contribution in [3.63, 3.8) is 0 Å². The van der Waals surface area contributed by atoms with E-state index in [0.717, 1.165) is 76.3 Å². The van der Waals surface area contributed by atoms with Crippen molar-refractivity contribution in [3.8, 4) is 0 Å². The van der Waals surface area contributed by atoms with E-state index in [9.17, 15) is 4.79 Å². The van der Waals surface area contributed by atoms with E-state index in [0.29, 0.717) is 45.4 Å². The molecule has 0 amide bonds. The van der Waals surface area contributed by atoms with Gasteiger partial charge in [0, 0.05) is 63.6 Å². The Morgan fingerprint density at radius 1 is 0.474 bits per heavy atom. The van der Waals surface area contributed by atoms with E-state index in [1.165, 1.54) is 0 Å². The molecule has 0 fully saturated rings. The van der Waals surface area contributed by atoms with Gasteiger partial charge in [0.25, 0.3) is 0 Å². The third-order valence-corrected chi connectivity index (χ3v) is 13.3. The number of rotatable bonds is 28. The van der Waals surface area contributed by atoms with E-state index < -0.39 is 17.6 Å². The van der Waals surface area contributed by atoms with Crippen molar-refractivity contribution in [2.75, 3.05) is 39.6 Å². The fourth-order valence-corrected chi connectivity index (χ4v) is 10.6. The molecular weight excluding hydrogens is 516 g/mol. The smallest absolute Gasteiger partial charge is 0.374 e. The summed E-state index contributed by atoms with van der Waals surface area (Å²) in [5.41, 5.74) is 0. The number of ketones is 1. The molecule has 0 radical (unpaired) electrons. The Hall–Kier alpha value is -0.136. The second-order valence-corrected chi connectivity index (χ2v) is 15.2. The lowest BCUT2D eigenvalue weighted by molar-refractivity contribution is -0.127. The van der Waals surface area contributed by atoms with Gasteiger partial charge in [0.1, 0.15) is 5.78 Å². The van der Waals surface area contributed by atoms with Crippen LogP contribution in [0.3, 0.4) is 0 Å². The van der Waals surface area contributed by atoms with Crippen molar-refractivity contribution in [1.29, 1.82) is 0 Å². The first-order valence-corrected chi connectivity index (χ1v) is 19.6. The highest BCUT2D eigenvalue weighted by atomic mass is 28.4. The summed E-state index contributed by atoms with van der Waals surface area (Å²) in [5.74, 6) is 0.807. The fraction of sp³-hybridized carbons (Fsp3) is 0.966. The van der Waals surface area contributed by atoms with Crippen molar-refractivity contribution < 1.29 is 31.4 Å². The molecule has 9 heteroatoms. The molecule has 0 heterocycles. The Morgan fingerprint density at radius 3 is 1.00 bits per heavy atom. The van der Waals surface area contributed by atoms with Gasteiger partial charge in [-0.15, -0.1) is 0 Å². The van der Waals surface area contributed by atoms with E-state index in [4.69, 9.17) is 26.6 Å². The second kappa shape index (κ2) is 23.6. The molecule has 0 N–H and O–H groups in total. The van der Waals surface area contributed by atoms with Gasteiger partial charge in [0.2, 0.25) is 0 Å². The molecule has 0 aliphatic carbocycles. The predicted octanol–water partition coefficient (Wildman–Crippen LogP) is 7.83. The maximum atomic E-state index is 13.4. The van der Waals surface area contributed by atoms with Gasteiger partial charge in [0.15, 0.2) is 0 Å². The first kappa shape index (κ1) is 37.9. The normalized spacial score (nSPS) is 14.1. The van der Waals surface area contributed by atoms with E-state index in [-0.39, 0.29) is 11.8 Å². The van der Waals surface area contributed by atoms with Crippen LogP contribution in [0.5, 0.6) is 0 Å². The molecule has 0 aromatic rings. The lowest BCUT2D eigenvalue weighted by Crippen LogP contribution is -2.45. The molecule has 0 bridgehead atoms. The van der Waals surface area contributed by atoms with Gasteiger partial charge in [-0.05, 0) is 80.1 Å². The zero-order valence-electron chi connectivity index (χ0n) is 26.2. The zero-order valence-corrected chi connectivity index (χ0v) is 28.2. The Labute approximate surface area is 237 Å². The van der Waals surface area contributed by atoms with Gasteiger partial charge in [0.05, 0.1) is 0 Å². The van der Waals surface area contributed by atoms with Crippen LogP contribution < -0.4 is 0 Å². The van der Waals surface area contributed by atoms with Crippen LogP contribution in [0, 0.1) is 11.8 Å². The number of unbranched alkanes of at least 4 members (excludes halogenated alkanes) is 4. The van der Waals surface area contributed by atoms with Crippen molar-refractivity contribution in [2.45, 2.75) is 132 Å². The summed E-state index contributed by atoms with van der Waals surface area (Å²) in [6, 6.07) is 1.70. The van der Waals surface area contributed by atoms with E-state index >= 15 is 0 Å². The fourth-order valence-electron chi connectivity index (χ4n) is 5.25. The van der Waals surface area contributed by atoms with Gasteiger partial charge in [-0.1, -0.05) is 39.5 Å². The van der Waals surface area contributed by atoms with Crippen LogP contribution in [0.15, 0.2) is 0 Å². The van der Waals surface area contributed by atoms with Crippen LogP contribution in [-0.4, -0.2) is 63.0 Å². The van der Waals surface area contributed by atoms with Gasteiger partial charge in [-0.25, -0.2) is 0 Å². The molecule has 38 heavy (non-hydrogen) atoms. The van der Waals surface area contributed by atoms with Crippen molar-refractivity contribution in [2.24, 2.45) is 11.8 Å². The lowest BCUT2D eigenvalue weighted by Gasteiger charge is -2.28. The van der Waals surface area contributed by atoms with Gasteiger partial charge in [-0.2, -0.15) is 0 Å². The first-order valence-electron chi connectivity index (χ1n) is 15.7. The van der Waals surface area contributed by atoms with Crippen LogP contribution in [0.25, 0.3) is 0 Å². The molecule has 0 aliphatic heterocycles. The Morgan fingerprint density at radius 2 is 0.763 bits per heavy atom. The molecule has 0 saturated carbocycles. The van der Waals surface area contributed by atoms with Gasteiger partial charge in [-0.3, -0.25) is 4.79 Å². The molecule has 228 valence electrons. The number of carbonyl (C=O) groups is 1. The summed E-state index contributed by atoms with van der Waals surface area (Å²) in [7, 11) is -5.13. The largest absolute Gasteiger partial charge is 0.500 e. The molecule has 0 spiro atoms. The SMILES string of the molecule is CCO[Si](CCCCCC(CC)C(=O)C(CC)CCCCC[Si](OCC)(OCC)OCC)(OCC)OCC. The molecule has 0 aromatic carbocycles. The molecular formula is C29H62O7Si2. The van der Waals surface area contributed by atoms with Crippen LogP contribution in [0.2, 0.25) is 12.1 Å². The molecule has 7 nitrogen and oxygen atoms in total. The Balaban J connectivity index is 4.61. The van der Waals surface area contributed by atoms with Gasteiger partial charge >= 0.3 is 17.6 Å². The first-order chi connectivity index (χ1) is 18.4. The molecule has 2 atom stereocenters. The zero-order chi connectivity index (χ0) is 28.7. The van der Waals surface area contributed by atoms with E-state index in [2.05, 4.69) is 13.8 Å². The topological polar surface area (TPSA) is 72.5 Å². The molecule has 0 rings (SSSR count). The maximum Gasteiger partial charge on any atom is 0.500 e. The summed E-state index contributed by atoms with van der Waals surface area (Å²) in [6.07, 6.45) is 10.1. The summed E-state index contributed by atoms with van der Waals surface area (Å²) in [5, 5.41) is 0. The summed E-state index contributed by atoms with van der Waals surface area (Å²) in [4.78, 5) is 13.4. The average Bonchev–Trinajstić information content (AvgIpc) is 2.89. The standard InChI is InChI=1S/C29H62O7Si2/c1-9-27(23-19-17-21-25-37(31-11-3,32-12-4)33-13-5)29(30)28(10-2)24-20-18-22-26-38(34-14-6,35-15-7)36-16-8/h27-28H,9-26H2,1-8H3. The summed E-state index contributed by atoms with van der Waals surface area (Å²) >= 11 is 0. The Bertz CT molecular complexity index is 485. The highest BCUT2D eigenvalue weighted by molar-refractivity contribution is 6.61. The maximum absolute atomic E-state index is 13.4. The van der Waals surface area contributed by atoms with Crippen LogP contribution in [0.1, 0.15) is 120 Å². The molecule has 2 unspecified atom stereocenters. The predicted molar refractivity (Wildman–Crippen MR) is 160 cm³/mol. The highest BCUT2D eigenvalue weighted by Crippen LogP contribution is 2.27. The number of hydrogen-bond acceptors (Lipinski definition) is 7. The third kappa shape index (κ3) is 15.0. The summed E-state index contributed by atoms with van der Waals surface area (Å²) in [6.45, 7) is 20.0. The van der Waals surface area contributed by atoms with Crippen molar-refractivity contribution >= 4 is 23.4 Å².